The van der Waals surface area contributed by atoms with Crippen molar-refractivity contribution in [2.24, 2.45) is 23.2 Å². The van der Waals surface area contributed by atoms with Gasteiger partial charge in [0.25, 0.3) is 5.22 Å². The largest absolute Gasteiger partial charge is 0.416 e. The third kappa shape index (κ3) is 3.73. The molecule has 0 aromatic carbocycles. The second kappa shape index (κ2) is 7.66. The molecule has 5 saturated carbocycles. The highest BCUT2D eigenvalue weighted by molar-refractivity contribution is 7.99. The van der Waals surface area contributed by atoms with E-state index in [1.807, 2.05) is 0 Å². The number of aromatic nitrogens is 2. The van der Waals surface area contributed by atoms with Crippen LogP contribution in [0.1, 0.15) is 89.4 Å². The fraction of sp³-hybridized carbons (Fsp3) is 0.864. The predicted octanol–water partition coefficient (Wildman–Crippen LogP) is 4.93. The smallest absolute Gasteiger partial charge is 0.277 e. The van der Waals surface area contributed by atoms with Gasteiger partial charge in [0.2, 0.25) is 11.8 Å². The summed E-state index contributed by atoms with van der Waals surface area (Å²) in [6.45, 7) is 2.24. The fourth-order valence-corrected chi connectivity index (χ4v) is 7.65. The molecule has 6 heteroatoms. The summed E-state index contributed by atoms with van der Waals surface area (Å²) in [5.74, 6) is 4.39. The van der Waals surface area contributed by atoms with Crippen LogP contribution in [-0.4, -0.2) is 27.9 Å². The maximum atomic E-state index is 12.6. The zero-order chi connectivity index (χ0) is 19.1. The van der Waals surface area contributed by atoms with E-state index in [2.05, 4.69) is 22.4 Å². The van der Waals surface area contributed by atoms with E-state index in [-0.39, 0.29) is 11.9 Å². The molecule has 0 unspecified atom stereocenters. The number of nitrogens with zero attached hydrogens (tertiary/aromatic N) is 2. The quantitative estimate of drug-likeness (QED) is 0.682. The van der Waals surface area contributed by atoms with Crippen molar-refractivity contribution < 1.29 is 9.21 Å². The van der Waals surface area contributed by atoms with Gasteiger partial charge in [-0.25, -0.2) is 0 Å². The van der Waals surface area contributed by atoms with Gasteiger partial charge >= 0.3 is 0 Å². The van der Waals surface area contributed by atoms with Gasteiger partial charge in [-0.3, -0.25) is 4.79 Å². The van der Waals surface area contributed by atoms with Crippen LogP contribution in [0, 0.1) is 23.2 Å². The molecule has 28 heavy (non-hydrogen) atoms. The van der Waals surface area contributed by atoms with Crippen LogP contribution in [0.15, 0.2) is 9.64 Å². The molecule has 5 fully saturated rings. The molecule has 154 valence electrons. The van der Waals surface area contributed by atoms with Crippen molar-refractivity contribution >= 4 is 17.7 Å². The van der Waals surface area contributed by atoms with Crippen molar-refractivity contribution in [1.82, 2.24) is 15.5 Å². The van der Waals surface area contributed by atoms with Crippen LogP contribution >= 0.6 is 11.8 Å². The Bertz CT molecular complexity index is 677. The lowest BCUT2D eigenvalue weighted by Crippen LogP contribution is -2.56. The van der Waals surface area contributed by atoms with Gasteiger partial charge in [0.1, 0.15) is 0 Å². The van der Waals surface area contributed by atoms with Crippen LogP contribution in [0.3, 0.4) is 0 Å². The number of nitrogens with one attached hydrogen (secondary N) is 1. The summed E-state index contributed by atoms with van der Waals surface area (Å²) in [5, 5.41) is 12.3. The minimum Gasteiger partial charge on any atom is -0.416 e. The highest BCUT2D eigenvalue weighted by Crippen LogP contribution is 2.61. The number of thioether (sulfide) groups is 1. The Kier molecular flexibility index (Phi) is 5.18. The average Bonchev–Trinajstić information content (AvgIpc) is 3.15. The van der Waals surface area contributed by atoms with E-state index in [9.17, 15) is 4.79 Å². The van der Waals surface area contributed by atoms with Gasteiger partial charge in [-0.1, -0.05) is 31.0 Å². The molecule has 1 amide bonds. The average molecular weight is 404 g/mol. The van der Waals surface area contributed by atoms with Crippen molar-refractivity contribution in [2.45, 2.75) is 94.7 Å². The molecule has 0 aliphatic heterocycles. The third-order valence-electron chi connectivity index (χ3n) is 8.08. The molecular weight excluding hydrogens is 370 g/mol. The minimum absolute atomic E-state index is 0.102. The Morgan fingerprint density at radius 1 is 1.11 bits per heavy atom. The van der Waals surface area contributed by atoms with Gasteiger partial charge in [0.05, 0.1) is 5.75 Å². The number of amides is 1. The monoisotopic (exact) mass is 403 g/mol. The summed E-state index contributed by atoms with van der Waals surface area (Å²) in [5.41, 5.74) is 0.355. The van der Waals surface area contributed by atoms with Crippen LogP contribution in [0.25, 0.3) is 0 Å². The number of carbonyl (C=O) groups excluding carboxylic acids is 1. The molecule has 0 radical (unpaired) electrons. The number of rotatable bonds is 6. The fourth-order valence-electron chi connectivity index (χ4n) is 7.06. The number of carbonyl (C=O) groups is 1. The van der Waals surface area contributed by atoms with Crippen LogP contribution in [0.2, 0.25) is 0 Å². The molecule has 6 rings (SSSR count). The van der Waals surface area contributed by atoms with E-state index in [0.29, 0.717) is 22.3 Å². The number of hydrogen-bond acceptors (Lipinski definition) is 5. The van der Waals surface area contributed by atoms with Crippen LogP contribution in [0.4, 0.5) is 0 Å². The van der Waals surface area contributed by atoms with Crippen molar-refractivity contribution in [1.29, 1.82) is 0 Å². The lowest BCUT2D eigenvalue weighted by atomic mass is 9.48. The Morgan fingerprint density at radius 3 is 2.39 bits per heavy atom. The Balaban J connectivity index is 1.13. The molecule has 0 saturated heterocycles. The van der Waals surface area contributed by atoms with E-state index in [4.69, 9.17) is 4.42 Å². The lowest BCUT2D eigenvalue weighted by molar-refractivity contribution is -0.123. The van der Waals surface area contributed by atoms with Crippen LogP contribution in [-0.2, 0) is 4.79 Å². The normalized spacial score (nSPS) is 35.8. The molecular formula is C22H33N3O2S. The lowest BCUT2D eigenvalue weighted by Gasteiger charge is -2.59. The first-order valence-electron chi connectivity index (χ1n) is 11.4. The predicted molar refractivity (Wildman–Crippen MR) is 109 cm³/mol. The SMILES string of the molecule is C[C@H](NC(=O)CSc1nnc(C2CCCCC2)o1)C12CC3CC(CC(C3)C1)C2. The van der Waals surface area contributed by atoms with Gasteiger partial charge < -0.3 is 9.73 Å². The first kappa shape index (κ1) is 19.0. The van der Waals surface area contributed by atoms with Crippen LogP contribution < -0.4 is 5.32 Å². The zero-order valence-electron chi connectivity index (χ0n) is 17.0. The third-order valence-corrected chi connectivity index (χ3v) is 8.90. The van der Waals surface area contributed by atoms with Crippen molar-refractivity contribution in [2.75, 3.05) is 5.75 Å². The van der Waals surface area contributed by atoms with E-state index >= 15 is 0 Å². The molecule has 5 nitrogen and oxygen atoms in total. The second-order valence-corrected chi connectivity index (χ2v) is 11.0. The summed E-state index contributed by atoms with van der Waals surface area (Å²) in [7, 11) is 0. The molecule has 1 heterocycles. The van der Waals surface area contributed by atoms with Crippen molar-refractivity contribution in [3.8, 4) is 0 Å². The van der Waals surface area contributed by atoms with Gasteiger partial charge in [-0.2, -0.15) is 0 Å². The van der Waals surface area contributed by atoms with Gasteiger partial charge in [0.15, 0.2) is 0 Å². The Morgan fingerprint density at radius 2 is 1.75 bits per heavy atom. The molecule has 4 bridgehead atoms. The van der Waals surface area contributed by atoms with E-state index < -0.39 is 0 Å². The summed E-state index contributed by atoms with van der Waals surface area (Å²) >= 11 is 1.38. The Labute approximate surface area is 172 Å². The highest BCUT2D eigenvalue weighted by Gasteiger charge is 2.53. The molecule has 1 aromatic heterocycles. The zero-order valence-corrected chi connectivity index (χ0v) is 17.8. The summed E-state index contributed by atoms with van der Waals surface area (Å²) in [6.07, 6.45) is 14.4. The molecule has 1 aromatic rings. The molecule has 0 spiro atoms. The molecule has 5 aliphatic rings. The Hall–Kier alpha value is -1.04. The van der Waals surface area contributed by atoms with E-state index in [0.717, 1.165) is 36.5 Å². The topological polar surface area (TPSA) is 68.0 Å². The van der Waals surface area contributed by atoms with Gasteiger partial charge in [-0.15, -0.1) is 10.2 Å². The van der Waals surface area contributed by atoms with Crippen LogP contribution in [0.5, 0.6) is 0 Å². The summed E-state index contributed by atoms with van der Waals surface area (Å²) in [6, 6.07) is 0.273. The first-order chi connectivity index (χ1) is 13.6. The summed E-state index contributed by atoms with van der Waals surface area (Å²) in [4.78, 5) is 12.6. The van der Waals surface area contributed by atoms with Gasteiger partial charge in [0, 0.05) is 12.0 Å². The highest BCUT2D eigenvalue weighted by atomic mass is 32.2. The molecule has 5 aliphatic carbocycles. The van der Waals surface area contributed by atoms with E-state index in [1.54, 1.807) is 0 Å². The standard InChI is InChI=1S/C22H33N3O2S/c1-14(22-10-15-7-16(11-22)9-17(8-15)12-22)23-19(26)13-28-21-25-24-20(27-21)18-5-3-2-4-6-18/h14-18H,2-13H2,1H3,(H,23,26)/t14-,15?,16?,17?,22?/m0/s1. The number of hydrogen-bond donors (Lipinski definition) is 1. The molecule has 1 atom stereocenters. The summed E-state index contributed by atoms with van der Waals surface area (Å²) < 4.78 is 5.84. The maximum Gasteiger partial charge on any atom is 0.277 e. The maximum absolute atomic E-state index is 12.6. The van der Waals surface area contributed by atoms with E-state index in [1.165, 1.54) is 69.5 Å². The van der Waals surface area contributed by atoms with Gasteiger partial charge in [-0.05, 0) is 81.5 Å². The second-order valence-electron chi connectivity index (χ2n) is 10.1. The first-order valence-corrected chi connectivity index (χ1v) is 12.3. The minimum atomic E-state index is 0.102. The van der Waals surface area contributed by atoms with Crippen molar-refractivity contribution in [3.63, 3.8) is 0 Å². The van der Waals surface area contributed by atoms with Crippen molar-refractivity contribution in [3.05, 3.63) is 5.89 Å². The molecule has 1 N–H and O–H groups in total.